The standard InChI is InChI=1S/C18H19NO2/c1-3-20-15-6-4-5-13(10-15)18(19)17-11-14-9-12(2)7-8-16(14)21-17/h4-11,18H,3,19H2,1-2H3. The van der Waals surface area contributed by atoms with E-state index in [1.54, 1.807) is 0 Å². The number of fused-ring (bicyclic) bond motifs is 1. The third-order valence-corrected chi connectivity index (χ3v) is 3.53. The van der Waals surface area contributed by atoms with E-state index in [1.165, 1.54) is 5.56 Å². The SMILES string of the molecule is CCOc1cccc(C(N)c2cc3cc(C)ccc3o2)c1. The molecule has 21 heavy (non-hydrogen) atoms. The molecule has 0 amide bonds. The molecule has 1 unspecified atom stereocenters. The van der Waals surface area contributed by atoms with Crippen LogP contribution in [-0.4, -0.2) is 6.61 Å². The van der Waals surface area contributed by atoms with E-state index in [-0.39, 0.29) is 6.04 Å². The molecule has 0 bridgehead atoms. The predicted molar refractivity (Wildman–Crippen MR) is 84.6 cm³/mol. The fourth-order valence-electron chi connectivity index (χ4n) is 2.47. The second-order valence-electron chi connectivity index (χ2n) is 5.17. The van der Waals surface area contributed by atoms with E-state index in [2.05, 4.69) is 13.0 Å². The number of furan rings is 1. The molecular formula is C18H19NO2. The molecule has 0 spiro atoms. The van der Waals surface area contributed by atoms with Crippen molar-refractivity contribution in [3.63, 3.8) is 0 Å². The molecule has 1 aromatic heterocycles. The van der Waals surface area contributed by atoms with Crippen LogP contribution in [0.3, 0.4) is 0 Å². The summed E-state index contributed by atoms with van der Waals surface area (Å²) in [4.78, 5) is 0. The highest BCUT2D eigenvalue weighted by molar-refractivity contribution is 5.78. The van der Waals surface area contributed by atoms with E-state index in [9.17, 15) is 0 Å². The maximum Gasteiger partial charge on any atom is 0.134 e. The average molecular weight is 281 g/mol. The Balaban J connectivity index is 1.95. The van der Waals surface area contributed by atoms with Crippen LogP contribution in [-0.2, 0) is 0 Å². The second-order valence-corrected chi connectivity index (χ2v) is 5.17. The molecule has 2 N–H and O–H groups in total. The number of ether oxygens (including phenoxy) is 1. The van der Waals surface area contributed by atoms with Crippen molar-refractivity contribution >= 4 is 11.0 Å². The summed E-state index contributed by atoms with van der Waals surface area (Å²) in [6.45, 7) is 4.67. The Morgan fingerprint density at radius 1 is 1.14 bits per heavy atom. The van der Waals surface area contributed by atoms with Gasteiger partial charge < -0.3 is 14.9 Å². The molecule has 2 aromatic carbocycles. The number of hydrogen-bond acceptors (Lipinski definition) is 3. The Morgan fingerprint density at radius 2 is 2.00 bits per heavy atom. The summed E-state index contributed by atoms with van der Waals surface area (Å²) >= 11 is 0. The smallest absolute Gasteiger partial charge is 0.134 e. The highest BCUT2D eigenvalue weighted by atomic mass is 16.5. The fourth-order valence-corrected chi connectivity index (χ4v) is 2.47. The van der Waals surface area contributed by atoms with Crippen LogP contribution < -0.4 is 10.5 Å². The van der Waals surface area contributed by atoms with Crippen LogP contribution in [0.5, 0.6) is 5.75 Å². The van der Waals surface area contributed by atoms with Crippen LogP contribution >= 0.6 is 0 Å². The average Bonchev–Trinajstić information content (AvgIpc) is 2.90. The van der Waals surface area contributed by atoms with Gasteiger partial charge >= 0.3 is 0 Å². The predicted octanol–water partition coefficient (Wildman–Crippen LogP) is 4.19. The lowest BCUT2D eigenvalue weighted by Gasteiger charge is -2.11. The van der Waals surface area contributed by atoms with Gasteiger partial charge in [-0.25, -0.2) is 0 Å². The van der Waals surface area contributed by atoms with Crippen molar-refractivity contribution in [2.75, 3.05) is 6.61 Å². The minimum Gasteiger partial charge on any atom is -0.494 e. The fraction of sp³-hybridized carbons (Fsp3) is 0.222. The summed E-state index contributed by atoms with van der Waals surface area (Å²) in [6, 6.07) is 15.7. The number of nitrogens with two attached hydrogens (primary N) is 1. The largest absolute Gasteiger partial charge is 0.494 e. The molecule has 0 aliphatic carbocycles. The number of aryl methyl sites for hydroxylation is 1. The zero-order valence-electron chi connectivity index (χ0n) is 12.3. The lowest BCUT2D eigenvalue weighted by molar-refractivity contribution is 0.339. The normalized spacial score (nSPS) is 12.5. The molecule has 0 fully saturated rings. The van der Waals surface area contributed by atoms with E-state index < -0.39 is 0 Å². The molecule has 3 nitrogen and oxygen atoms in total. The van der Waals surface area contributed by atoms with Gasteiger partial charge in [-0.05, 0) is 49.7 Å². The molecule has 1 heterocycles. The zero-order chi connectivity index (χ0) is 14.8. The van der Waals surface area contributed by atoms with Gasteiger partial charge in [-0.1, -0.05) is 23.8 Å². The van der Waals surface area contributed by atoms with Gasteiger partial charge in [0.15, 0.2) is 0 Å². The quantitative estimate of drug-likeness (QED) is 0.780. The van der Waals surface area contributed by atoms with E-state index >= 15 is 0 Å². The molecule has 0 saturated carbocycles. The van der Waals surface area contributed by atoms with Crippen LogP contribution in [0.1, 0.15) is 29.9 Å². The molecule has 0 aliphatic heterocycles. The highest BCUT2D eigenvalue weighted by Gasteiger charge is 2.15. The molecule has 108 valence electrons. The van der Waals surface area contributed by atoms with Crippen LogP contribution in [0.15, 0.2) is 52.9 Å². The Morgan fingerprint density at radius 3 is 2.81 bits per heavy atom. The second kappa shape index (κ2) is 5.62. The first-order valence-corrected chi connectivity index (χ1v) is 7.16. The molecule has 0 aliphatic rings. The van der Waals surface area contributed by atoms with E-state index in [0.717, 1.165) is 28.0 Å². The van der Waals surface area contributed by atoms with Gasteiger partial charge in [0.05, 0.1) is 12.6 Å². The van der Waals surface area contributed by atoms with Crippen molar-refractivity contribution in [3.8, 4) is 5.75 Å². The van der Waals surface area contributed by atoms with E-state index in [0.29, 0.717) is 6.61 Å². The van der Waals surface area contributed by atoms with Crippen molar-refractivity contribution in [2.24, 2.45) is 5.73 Å². The maximum atomic E-state index is 6.33. The molecule has 0 saturated heterocycles. The lowest BCUT2D eigenvalue weighted by Crippen LogP contribution is -2.10. The Bertz CT molecular complexity index is 761. The monoisotopic (exact) mass is 281 g/mol. The Hall–Kier alpha value is -2.26. The van der Waals surface area contributed by atoms with Crippen LogP contribution in [0.25, 0.3) is 11.0 Å². The maximum absolute atomic E-state index is 6.33. The van der Waals surface area contributed by atoms with Gasteiger partial charge in [-0.2, -0.15) is 0 Å². The highest BCUT2D eigenvalue weighted by Crippen LogP contribution is 2.28. The first kappa shape index (κ1) is 13.7. The zero-order valence-corrected chi connectivity index (χ0v) is 12.3. The van der Waals surface area contributed by atoms with Crippen LogP contribution in [0.4, 0.5) is 0 Å². The third kappa shape index (κ3) is 2.78. The van der Waals surface area contributed by atoms with Crippen LogP contribution in [0, 0.1) is 6.92 Å². The number of rotatable bonds is 4. The summed E-state index contributed by atoms with van der Waals surface area (Å²) < 4.78 is 11.4. The van der Waals surface area contributed by atoms with Crippen molar-refractivity contribution in [2.45, 2.75) is 19.9 Å². The molecule has 3 aromatic rings. The van der Waals surface area contributed by atoms with Crippen molar-refractivity contribution in [1.82, 2.24) is 0 Å². The minimum absolute atomic E-state index is 0.293. The number of hydrogen-bond donors (Lipinski definition) is 1. The topological polar surface area (TPSA) is 48.4 Å². The van der Waals surface area contributed by atoms with Crippen LogP contribution in [0.2, 0.25) is 0 Å². The van der Waals surface area contributed by atoms with Gasteiger partial charge in [0, 0.05) is 5.39 Å². The van der Waals surface area contributed by atoms with E-state index in [4.69, 9.17) is 14.9 Å². The summed E-state index contributed by atoms with van der Waals surface area (Å²) in [6.07, 6.45) is 0. The van der Waals surface area contributed by atoms with Gasteiger partial charge in [-0.3, -0.25) is 0 Å². The van der Waals surface area contributed by atoms with Gasteiger partial charge in [0.1, 0.15) is 17.1 Å². The summed E-state index contributed by atoms with van der Waals surface area (Å²) in [5.74, 6) is 1.60. The van der Waals surface area contributed by atoms with Crippen molar-refractivity contribution in [3.05, 3.63) is 65.4 Å². The molecule has 0 radical (unpaired) electrons. The first-order chi connectivity index (χ1) is 10.2. The summed E-state index contributed by atoms with van der Waals surface area (Å²) in [7, 11) is 0. The third-order valence-electron chi connectivity index (χ3n) is 3.53. The number of benzene rings is 2. The van der Waals surface area contributed by atoms with E-state index in [1.807, 2.05) is 49.4 Å². The lowest BCUT2D eigenvalue weighted by atomic mass is 10.0. The Labute approximate surface area is 124 Å². The summed E-state index contributed by atoms with van der Waals surface area (Å²) in [5, 5.41) is 1.08. The Kier molecular flexibility index (Phi) is 3.67. The van der Waals surface area contributed by atoms with Crippen molar-refractivity contribution in [1.29, 1.82) is 0 Å². The van der Waals surface area contributed by atoms with Gasteiger partial charge in [-0.15, -0.1) is 0 Å². The molecular weight excluding hydrogens is 262 g/mol. The molecule has 1 atom stereocenters. The summed E-state index contributed by atoms with van der Waals surface area (Å²) in [5.41, 5.74) is 9.39. The van der Waals surface area contributed by atoms with Gasteiger partial charge in [0.25, 0.3) is 0 Å². The molecule has 3 heteroatoms. The van der Waals surface area contributed by atoms with Crippen molar-refractivity contribution < 1.29 is 9.15 Å². The minimum atomic E-state index is -0.293. The first-order valence-electron chi connectivity index (χ1n) is 7.16. The van der Waals surface area contributed by atoms with Gasteiger partial charge in [0.2, 0.25) is 0 Å². The molecule has 3 rings (SSSR count).